The molecular weight excluding hydrogens is 401 g/mol. The van der Waals surface area contributed by atoms with Crippen molar-refractivity contribution in [3.63, 3.8) is 0 Å². The van der Waals surface area contributed by atoms with Gasteiger partial charge >= 0.3 is 6.18 Å². The monoisotopic (exact) mass is 417 g/mol. The minimum absolute atomic E-state index is 0.0469. The SMILES string of the molecule is Cc1cc(C2=C(c3cc(F)c(S(N)(=O)=O)c(F)c3)CCC2)ccc1C(F)(F)F. The number of allylic oxidation sites excluding steroid dienone is 2. The lowest BCUT2D eigenvalue weighted by atomic mass is 9.94. The number of rotatable bonds is 3. The fourth-order valence-corrected chi connectivity index (χ4v) is 4.22. The fourth-order valence-electron chi connectivity index (χ4n) is 3.56. The standard InChI is InChI=1S/C19H16F5NO2S/c1-10-7-11(5-6-15(10)19(22,23)24)13-3-2-4-14(13)12-8-16(20)18(17(21)9-12)28(25,26)27/h5-9H,2-4H2,1H3,(H2,25,26,27). The molecule has 150 valence electrons. The summed E-state index contributed by atoms with van der Waals surface area (Å²) in [5.41, 5.74) is 1.23. The molecule has 0 amide bonds. The summed E-state index contributed by atoms with van der Waals surface area (Å²) >= 11 is 0. The Balaban J connectivity index is 2.12. The number of halogens is 5. The Kier molecular flexibility index (Phi) is 5.09. The average Bonchev–Trinajstić information content (AvgIpc) is 3.00. The molecule has 0 spiro atoms. The topological polar surface area (TPSA) is 60.2 Å². The predicted octanol–water partition coefficient (Wildman–Crippen LogP) is 5.03. The molecule has 0 saturated carbocycles. The number of hydrogen-bond donors (Lipinski definition) is 1. The summed E-state index contributed by atoms with van der Waals surface area (Å²) in [5.74, 6) is -2.61. The summed E-state index contributed by atoms with van der Waals surface area (Å²) in [6.45, 7) is 1.35. The van der Waals surface area contributed by atoms with Gasteiger partial charge in [0.2, 0.25) is 10.0 Å². The third-order valence-electron chi connectivity index (χ3n) is 4.73. The van der Waals surface area contributed by atoms with Crippen LogP contribution in [0.5, 0.6) is 0 Å². The van der Waals surface area contributed by atoms with Crippen LogP contribution in [-0.4, -0.2) is 8.42 Å². The van der Waals surface area contributed by atoms with E-state index in [2.05, 4.69) is 0 Å². The summed E-state index contributed by atoms with van der Waals surface area (Å²) in [7, 11) is -4.57. The molecule has 28 heavy (non-hydrogen) atoms. The number of nitrogens with two attached hydrogens (primary N) is 1. The Morgan fingerprint density at radius 1 is 0.929 bits per heavy atom. The summed E-state index contributed by atoms with van der Waals surface area (Å²) in [6, 6.07) is 5.50. The highest BCUT2D eigenvalue weighted by atomic mass is 32.2. The molecule has 2 aromatic carbocycles. The first kappa shape index (κ1) is 20.5. The molecular formula is C19H16F5NO2S. The number of primary sulfonamides is 1. The summed E-state index contributed by atoms with van der Waals surface area (Å²) in [5, 5.41) is 4.83. The van der Waals surface area contributed by atoms with Crippen molar-refractivity contribution in [2.45, 2.75) is 37.3 Å². The van der Waals surface area contributed by atoms with Crippen LogP contribution >= 0.6 is 0 Å². The lowest BCUT2D eigenvalue weighted by Gasteiger charge is -2.14. The maximum atomic E-state index is 14.2. The Morgan fingerprint density at radius 2 is 1.46 bits per heavy atom. The van der Waals surface area contributed by atoms with Gasteiger partial charge in [-0.1, -0.05) is 12.1 Å². The molecule has 3 rings (SSSR count). The average molecular weight is 417 g/mol. The van der Waals surface area contributed by atoms with Gasteiger partial charge in [-0.05, 0) is 72.2 Å². The largest absolute Gasteiger partial charge is 0.416 e. The highest BCUT2D eigenvalue weighted by Gasteiger charge is 2.32. The lowest BCUT2D eigenvalue weighted by molar-refractivity contribution is -0.138. The summed E-state index contributed by atoms with van der Waals surface area (Å²) < 4.78 is 90.0. The zero-order valence-corrected chi connectivity index (χ0v) is 15.5. The Labute approximate surface area is 158 Å². The molecule has 0 radical (unpaired) electrons. The van der Waals surface area contributed by atoms with E-state index in [1.165, 1.54) is 19.1 Å². The zero-order valence-electron chi connectivity index (χ0n) is 14.7. The van der Waals surface area contributed by atoms with Crippen molar-refractivity contribution in [1.82, 2.24) is 0 Å². The minimum atomic E-state index is -4.57. The second-order valence-corrected chi connectivity index (χ2v) is 8.15. The van der Waals surface area contributed by atoms with Crippen molar-refractivity contribution >= 4 is 21.2 Å². The van der Waals surface area contributed by atoms with E-state index in [1.54, 1.807) is 0 Å². The summed E-state index contributed by atoms with van der Waals surface area (Å²) in [6.07, 6.45) is -2.82. The van der Waals surface area contributed by atoms with Crippen molar-refractivity contribution in [2.24, 2.45) is 5.14 Å². The Bertz CT molecular complexity index is 1060. The number of aryl methyl sites for hydroxylation is 1. The smallest absolute Gasteiger partial charge is 0.224 e. The first-order valence-electron chi connectivity index (χ1n) is 8.32. The van der Waals surface area contributed by atoms with Crippen molar-refractivity contribution in [2.75, 3.05) is 0 Å². The predicted molar refractivity (Wildman–Crippen MR) is 94.6 cm³/mol. The zero-order chi connectivity index (χ0) is 20.9. The van der Waals surface area contributed by atoms with E-state index in [-0.39, 0.29) is 11.1 Å². The second kappa shape index (κ2) is 6.97. The van der Waals surface area contributed by atoms with E-state index in [9.17, 15) is 30.4 Å². The molecule has 0 unspecified atom stereocenters. The van der Waals surface area contributed by atoms with Crippen LogP contribution in [0, 0.1) is 18.6 Å². The third-order valence-corrected chi connectivity index (χ3v) is 5.69. The van der Waals surface area contributed by atoms with Crippen molar-refractivity contribution < 1.29 is 30.4 Å². The van der Waals surface area contributed by atoms with Crippen LogP contribution in [0.4, 0.5) is 22.0 Å². The molecule has 0 bridgehead atoms. The minimum Gasteiger partial charge on any atom is -0.224 e. The molecule has 0 aromatic heterocycles. The van der Waals surface area contributed by atoms with E-state index in [0.717, 1.165) is 18.2 Å². The second-order valence-electron chi connectivity index (χ2n) is 6.65. The first-order valence-corrected chi connectivity index (χ1v) is 9.86. The van der Waals surface area contributed by atoms with Gasteiger partial charge in [-0.2, -0.15) is 13.2 Å². The molecule has 9 heteroatoms. The molecule has 2 aromatic rings. The highest BCUT2D eigenvalue weighted by molar-refractivity contribution is 7.89. The van der Waals surface area contributed by atoms with Gasteiger partial charge in [0.15, 0.2) is 4.90 Å². The Hall–Kier alpha value is -2.26. The van der Waals surface area contributed by atoms with E-state index >= 15 is 0 Å². The first-order chi connectivity index (χ1) is 12.9. The number of alkyl halides is 3. The van der Waals surface area contributed by atoms with Crippen LogP contribution in [0.25, 0.3) is 11.1 Å². The van der Waals surface area contributed by atoms with Crippen LogP contribution in [0.15, 0.2) is 35.2 Å². The van der Waals surface area contributed by atoms with Gasteiger partial charge < -0.3 is 0 Å². The van der Waals surface area contributed by atoms with Gasteiger partial charge in [0.05, 0.1) is 5.56 Å². The van der Waals surface area contributed by atoms with Crippen LogP contribution in [0.2, 0.25) is 0 Å². The van der Waals surface area contributed by atoms with Crippen LogP contribution < -0.4 is 5.14 Å². The third kappa shape index (κ3) is 3.81. The van der Waals surface area contributed by atoms with E-state index in [1.807, 2.05) is 0 Å². The summed E-state index contributed by atoms with van der Waals surface area (Å²) in [4.78, 5) is -1.21. The molecule has 0 aliphatic heterocycles. The molecule has 0 saturated heterocycles. The lowest BCUT2D eigenvalue weighted by Crippen LogP contribution is -2.16. The molecule has 2 N–H and O–H groups in total. The number of hydrogen-bond acceptors (Lipinski definition) is 2. The Morgan fingerprint density at radius 3 is 1.93 bits per heavy atom. The highest BCUT2D eigenvalue weighted by Crippen LogP contribution is 2.42. The van der Waals surface area contributed by atoms with Crippen molar-refractivity contribution in [3.8, 4) is 0 Å². The van der Waals surface area contributed by atoms with E-state index in [0.29, 0.717) is 36.0 Å². The van der Waals surface area contributed by atoms with Crippen LogP contribution in [-0.2, 0) is 16.2 Å². The van der Waals surface area contributed by atoms with Gasteiger partial charge in [-0.25, -0.2) is 22.3 Å². The molecule has 1 aliphatic rings. The van der Waals surface area contributed by atoms with E-state index < -0.39 is 38.3 Å². The molecule has 1 aliphatic carbocycles. The molecule has 0 fully saturated rings. The van der Waals surface area contributed by atoms with Gasteiger partial charge in [0.25, 0.3) is 0 Å². The van der Waals surface area contributed by atoms with Crippen LogP contribution in [0.3, 0.4) is 0 Å². The van der Waals surface area contributed by atoms with Gasteiger partial charge in [-0.15, -0.1) is 0 Å². The van der Waals surface area contributed by atoms with Gasteiger partial charge in [0, 0.05) is 0 Å². The molecule has 0 atom stereocenters. The van der Waals surface area contributed by atoms with Crippen LogP contribution in [0.1, 0.15) is 41.5 Å². The number of benzene rings is 2. The quantitative estimate of drug-likeness (QED) is 0.712. The maximum Gasteiger partial charge on any atom is 0.416 e. The fraction of sp³-hybridized carbons (Fsp3) is 0.263. The number of sulfonamides is 1. The van der Waals surface area contributed by atoms with Gasteiger partial charge in [-0.3, -0.25) is 0 Å². The molecule has 3 nitrogen and oxygen atoms in total. The molecule has 0 heterocycles. The maximum absolute atomic E-state index is 14.2. The normalized spacial score (nSPS) is 15.4. The van der Waals surface area contributed by atoms with Gasteiger partial charge in [0.1, 0.15) is 11.6 Å². The van der Waals surface area contributed by atoms with E-state index in [4.69, 9.17) is 5.14 Å². The van der Waals surface area contributed by atoms with Crippen molar-refractivity contribution in [3.05, 3.63) is 64.2 Å². The van der Waals surface area contributed by atoms with Crippen molar-refractivity contribution in [1.29, 1.82) is 0 Å².